The van der Waals surface area contributed by atoms with Crippen molar-refractivity contribution in [3.05, 3.63) is 76.7 Å². The Bertz CT molecular complexity index is 1160. The smallest absolute Gasteiger partial charge is 0.249 e. The van der Waals surface area contributed by atoms with Crippen molar-refractivity contribution in [2.45, 2.75) is 32.4 Å². The zero-order chi connectivity index (χ0) is 22.3. The SMILES string of the molecule is N#Cc1c(NC(=O)C=Cc2ccccc2)sc2c1CCN(C(=O)CCCn1ccnc1)C2. The predicted molar refractivity (Wildman–Crippen MR) is 124 cm³/mol. The Hall–Kier alpha value is -3.70. The van der Waals surface area contributed by atoms with Gasteiger partial charge in [-0.25, -0.2) is 4.98 Å². The summed E-state index contributed by atoms with van der Waals surface area (Å²) in [4.78, 5) is 31.9. The molecule has 3 heterocycles. The molecule has 1 aliphatic heterocycles. The first-order valence-electron chi connectivity index (χ1n) is 10.5. The Morgan fingerprint density at radius 3 is 2.88 bits per heavy atom. The van der Waals surface area contributed by atoms with Crippen molar-refractivity contribution in [3.8, 4) is 6.07 Å². The first-order chi connectivity index (χ1) is 15.6. The molecule has 0 radical (unpaired) electrons. The summed E-state index contributed by atoms with van der Waals surface area (Å²) >= 11 is 1.38. The molecule has 0 atom stereocenters. The number of aryl methyl sites for hydroxylation is 1. The fourth-order valence-electron chi connectivity index (χ4n) is 3.70. The standard InChI is InChI=1S/C24H23N5O2S/c25-15-20-19-10-13-29(23(31)7-4-12-28-14-11-26-17-28)16-21(19)32-24(20)27-22(30)9-8-18-5-2-1-3-6-18/h1-3,5-6,8-9,11,14,17H,4,7,10,12-13,16H2,(H,27,30). The van der Waals surface area contributed by atoms with Crippen molar-refractivity contribution in [1.29, 1.82) is 5.26 Å². The van der Waals surface area contributed by atoms with E-state index < -0.39 is 0 Å². The molecule has 0 aliphatic carbocycles. The molecule has 0 saturated heterocycles. The fraction of sp³-hybridized carbons (Fsp3) is 0.250. The molecule has 0 spiro atoms. The number of thiophene rings is 1. The molecule has 2 amide bonds. The summed E-state index contributed by atoms with van der Waals surface area (Å²) in [5, 5.41) is 13.1. The second kappa shape index (κ2) is 10.1. The molecule has 1 N–H and O–H groups in total. The maximum Gasteiger partial charge on any atom is 0.249 e. The van der Waals surface area contributed by atoms with Crippen LogP contribution >= 0.6 is 11.3 Å². The van der Waals surface area contributed by atoms with Crippen LogP contribution in [0, 0.1) is 11.3 Å². The van der Waals surface area contributed by atoms with Crippen LogP contribution in [0.3, 0.4) is 0 Å². The van der Waals surface area contributed by atoms with Gasteiger partial charge in [0, 0.05) is 42.9 Å². The number of hydrogen-bond acceptors (Lipinski definition) is 5. The van der Waals surface area contributed by atoms with E-state index >= 15 is 0 Å². The van der Waals surface area contributed by atoms with E-state index in [4.69, 9.17) is 0 Å². The molecule has 7 nitrogen and oxygen atoms in total. The van der Waals surface area contributed by atoms with E-state index in [9.17, 15) is 14.9 Å². The van der Waals surface area contributed by atoms with E-state index in [0.717, 1.165) is 29.0 Å². The third kappa shape index (κ3) is 5.13. The largest absolute Gasteiger partial charge is 0.337 e. The molecule has 162 valence electrons. The van der Waals surface area contributed by atoms with Crippen molar-refractivity contribution in [3.63, 3.8) is 0 Å². The molecule has 0 fully saturated rings. The van der Waals surface area contributed by atoms with E-state index in [0.29, 0.717) is 36.5 Å². The zero-order valence-corrected chi connectivity index (χ0v) is 18.3. The number of nitrogens with one attached hydrogen (secondary N) is 1. The molecule has 2 aromatic heterocycles. The zero-order valence-electron chi connectivity index (χ0n) is 17.5. The van der Waals surface area contributed by atoms with Gasteiger partial charge in [-0.05, 0) is 30.0 Å². The highest BCUT2D eigenvalue weighted by Crippen LogP contribution is 2.36. The first kappa shape index (κ1) is 21.5. The van der Waals surface area contributed by atoms with Gasteiger partial charge in [-0.2, -0.15) is 5.26 Å². The molecule has 3 aromatic rings. The van der Waals surface area contributed by atoms with Crippen LogP contribution in [0.4, 0.5) is 5.00 Å². The van der Waals surface area contributed by atoms with Crippen LogP contribution in [0.5, 0.6) is 0 Å². The lowest BCUT2D eigenvalue weighted by Gasteiger charge is -2.27. The summed E-state index contributed by atoms with van der Waals surface area (Å²) in [5.41, 5.74) is 2.39. The lowest BCUT2D eigenvalue weighted by molar-refractivity contribution is -0.132. The van der Waals surface area contributed by atoms with Crippen LogP contribution in [0.25, 0.3) is 6.08 Å². The van der Waals surface area contributed by atoms with Gasteiger partial charge in [0.05, 0.1) is 18.4 Å². The Kier molecular flexibility index (Phi) is 6.78. The average Bonchev–Trinajstić information content (AvgIpc) is 3.45. The van der Waals surface area contributed by atoms with Crippen LogP contribution in [0.15, 0.2) is 55.1 Å². The third-order valence-electron chi connectivity index (χ3n) is 5.35. The number of nitrogens with zero attached hydrogens (tertiary/aromatic N) is 4. The van der Waals surface area contributed by atoms with Gasteiger partial charge in [-0.15, -0.1) is 11.3 Å². The van der Waals surface area contributed by atoms with Gasteiger partial charge >= 0.3 is 0 Å². The lowest BCUT2D eigenvalue weighted by Crippen LogP contribution is -2.35. The molecule has 1 aromatic carbocycles. The Morgan fingerprint density at radius 1 is 1.28 bits per heavy atom. The number of rotatable bonds is 7. The molecule has 0 unspecified atom stereocenters. The molecule has 32 heavy (non-hydrogen) atoms. The molecular formula is C24H23N5O2S. The number of amides is 2. The summed E-state index contributed by atoms with van der Waals surface area (Å²) in [6, 6.07) is 11.8. The second-order valence-electron chi connectivity index (χ2n) is 7.52. The van der Waals surface area contributed by atoms with Crippen LogP contribution in [0.2, 0.25) is 0 Å². The Balaban J connectivity index is 1.37. The highest BCUT2D eigenvalue weighted by Gasteiger charge is 2.27. The maximum absolute atomic E-state index is 12.7. The summed E-state index contributed by atoms with van der Waals surface area (Å²) < 4.78 is 1.96. The molecule has 8 heteroatoms. The second-order valence-corrected chi connectivity index (χ2v) is 8.63. The van der Waals surface area contributed by atoms with Gasteiger partial charge < -0.3 is 14.8 Å². The fourth-order valence-corrected chi connectivity index (χ4v) is 4.92. The minimum absolute atomic E-state index is 0.110. The third-order valence-corrected chi connectivity index (χ3v) is 6.48. The average molecular weight is 446 g/mol. The number of fused-ring (bicyclic) bond motifs is 1. The number of hydrogen-bond donors (Lipinski definition) is 1. The van der Waals surface area contributed by atoms with E-state index in [1.54, 1.807) is 18.6 Å². The summed E-state index contributed by atoms with van der Waals surface area (Å²) in [6.07, 6.45) is 10.4. The minimum Gasteiger partial charge on any atom is -0.337 e. The van der Waals surface area contributed by atoms with E-state index in [1.807, 2.05) is 46.0 Å². The number of imidazole rings is 1. The summed E-state index contributed by atoms with van der Waals surface area (Å²) in [5.74, 6) is -0.171. The maximum atomic E-state index is 12.7. The summed E-state index contributed by atoms with van der Waals surface area (Å²) in [7, 11) is 0. The minimum atomic E-state index is -0.281. The molecule has 1 aliphatic rings. The van der Waals surface area contributed by atoms with Gasteiger partial charge in [0.1, 0.15) is 11.1 Å². The Labute approximate surface area is 190 Å². The Morgan fingerprint density at radius 2 is 2.12 bits per heavy atom. The first-order valence-corrected chi connectivity index (χ1v) is 11.3. The van der Waals surface area contributed by atoms with Crippen molar-refractivity contribution >= 4 is 34.2 Å². The van der Waals surface area contributed by atoms with Gasteiger partial charge in [-0.1, -0.05) is 30.3 Å². The monoisotopic (exact) mass is 445 g/mol. The van der Waals surface area contributed by atoms with Crippen molar-refractivity contribution < 1.29 is 9.59 Å². The van der Waals surface area contributed by atoms with E-state index in [1.165, 1.54) is 17.4 Å². The highest BCUT2D eigenvalue weighted by molar-refractivity contribution is 7.16. The number of anilines is 1. The van der Waals surface area contributed by atoms with Crippen LogP contribution in [-0.4, -0.2) is 32.8 Å². The van der Waals surface area contributed by atoms with Gasteiger partial charge in [0.2, 0.25) is 11.8 Å². The summed E-state index contributed by atoms with van der Waals surface area (Å²) in [6.45, 7) is 1.83. The molecule has 4 rings (SSSR count). The molecule has 0 saturated carbocycles. The van der Waals surface area contributed by atoms with Gasteiger partial charge in [-0.3, -0.25) is 9.59 Å². The van der Waals surface area contributed by atoms with Crippen LogP contribution in [0.1, 0.15) is 34.4 Å². The van der Waals surface area contributed by atoms with Crippen LogP contribution < -0.4 is 5.32 Å². The van der Waals surface area contributed by atoms with Crippen LogP contribution in [-0.2, 0) is 29.1 Å². The topological polar surface area (TPSA) is 91.0 Å². The number of nitriles is 1. The number of carbonyl (C=O) groups excluding carboxylic acids is 2. The predicted octanol–water partition coefficient (Wildman–Crippen LogP) is 3.83. The van der Waals surface area contributed by atoms with E-state index in [-0.39, 0.29) is 11.8 Å². The van der Waals surface area contributed by atoms with Crippen molar-refractivity contribution in [2.75, 3.05) is 11.9 Å². The molecular weight excluding hydrogens is 422 g/mol. The van der Waals surface area contributed by atoms with Crippen molar-refractivity contribution in [2.24, 2.45) is 0 Å². The number of aromatic nitrogens is 2. The molecule has 0 bridgehead atoms. The van der Waals surface area contributed by atoms with Gasteiger partial charge in [0.15, 0.2) is 0 Å². The van der Waals surface area contributed by atoms with Crippen molar-refractivity contribution in [1.82, 2.24) is 14.5 Å². The lowest BCUT2D eigenvalue weighted by atomic mass is 10.0. The number of benzene rings is 1. The van der Waals surface area contributed by atoms with Gasteiger partial charge in [0.25, 0.3) is 0 Å². The highest BCUT2D eigenvalue weighted by atomic mass is 32.1. The number of carbonyl (C=O) groups is 2. The van der Waals surface area contributed by atoms with E-state index in [2.05, 4.69) is 16.4 Å². The quantitative estimate of drug-likeness (QED) is 0.560. The normalized spacial score (nSPS) is 13.0.